The summed E-state index contributed by atoms with van der Waals surface area (Å²) in [6, 6.07) is 15.8. The SMILES string of the molecule is CCCN(CCC)c1nc(/C=N/Nc2cccc(C)c2)cc(OCCc2ccccn2)n1. The third-order valence-electron chi connectivity index (χ3n) is 4.72. The molecule has 0 atom stereocenters. The van der Waals surface area contributed by atoms with Gasteiger partial charge < -0.3 is 9.64 Å². The Morgan fingerprint density at radius 1 is 1.03 bits per heavy atom. The van der Waals surface area contributed by atoms with Crippen molar-refractivity contribution in [3.63, 3.8) is 0 Å². The topological polar surface area (TPSA) is 75.5 Å². The molecule has 0 unspecified atom stereocenters. The predicted molar refractivity (Wildman–Crippen MR) is 131 cm³/mol. The van der Waals surface area contributed by atoms with Gasteiger partial charge in [0.05, 0.1) is 24.2 Å². The van der Waals surface area contributed by atoms with Crippen LogP contribution in [-0.2, 0) is 6.42 Å². The summed E-state index contributed by atoms with van der Waals surface area (Å²) < 4.78 is 5.98. The molecule has 0 aliphatic heterocycles. The molecule has 7 heteroatoms. The van der Waals surface area contributed by atoms with Gasteiger partial charge in [0.2, 0.25) is 11.8 Å². The lowest BCUT2D eigenvalue weighted by Gasteiger charge is -2.22. The lowest BCUT2D eigenvalue weighted by Crippen LogP contribution is -2.27. The highest BCUT2D eigenvalue weighted by atomic mass is 16.5. The summed E-state index contributed by atoms with van der Waals surface area (Å²) in [5.74, 6) is 1.21. The van der Waals surface area contributed by atoms with Gasteiger partial charge in [-0.2, -0.15) is 10.1 Å². The number of ether oxygens (including phenoxy) is 1. The smallest absolute Gasteiger partial charge is 0.229 e. The van der Waals surface area contributed by atoms with Crippen molar-refractivity contribution in [2.24, 2.45) is 5.10 Å². The van der Waals surface area contributed by atoms with E-state index in [4.69, 9.17) is 9.72 Å². The first kappa shape index (κ1) is 23.2. The van der Waals surface area contributed by atoms with E-state index in [-0.39, 0.29) is 0 Å². The molecule has 168 valence electrons. The quantitative estimate of drug-likeness (QED) is 0.325. The summed E-state index contributed by atoms with van der Waals surface area (Å²) in [6.45, 7) is 8.64. The Balaban J connectivity index is 1.76. The Bertz CT molecular complexity index is 987. The van der Waals surface area contributed by atoms with E-state index in [0.29, 0.717) is 30.5 Å². The molecule has 0 radical (unpaired) electrons. The molecule has 3 aromatic rings. The van der Waals surface area contributed by atoms with Crippen molar-refractivity contribution in [2.45, 2.75) is 40.0 Å². The van der Waals surface area contributed by atoms with Gasteiger partial charge in [-0.15, -0.1) is 0 Å². The molecule has 0 aliphatic carbocycles. The Labute approximate surface area is 190 Å². The maximum atomic E-state index is 5.98. The molecule has 3 rings (SSSR count). The minimum atomic E-state index is 0.493. The number of anilines is 2. The highest BCUT2D eigenvalue weighted by molar-refractivity contribution is 5.78. The van der Waals surface area contributed by atoms with E-state index in [2.05, 4.69) is 52.2 Å². The van der Waals surface area contributed by atoms with E-state index in [1.165, 1.54) is 5.56 Å². The van der Waals surface area contributed by atoms with Gasteiger partial charge in [-0.05, 0) is 49.6 Å². The van der Waals surface area contributed by atoms with Gasteiger partial charge in [-0.3, -0.25) is 10.4 Å². The van der Waals surface area contributed by atoms with Crippen molar-refractivity contribution < 1.29 is 4.74 Å². The summed E-state index contributed by atoms with van der Waals surface area (Å²) in [7, 11) is 0. The van der Waals surface area contributed by atoms with Crippen molar-refractivity contribution in [3.8, 4) is 5.88 Å². The molecule has 0 aliphatic rings. The van der Waals surface area contributed by atoms with Crippen molar-refractivity contribution in [2.75, 3.05) is 30.0 Å². The summed E-state index contributed by atoms with van der Waals surface area (Å²) in [4.78, 5) is 15.9. The van der Waals surface area contributed by atoms with Gasteiger partial charge in [0.15, 0.2) is 0 Å². The van der Waals surface area contributed by atoms with Crippen LogP contribution in [0.4, 0.5) is 11.6 Å². The lowest BCUT2D eigenvalue weighted by molar-refractivity contribution is 0.307. The van der Waals surface area contributed by atoms with Crippen molar-refractivity contribution in [1.82, 2.24) is 15.0 Å². The number of aromatic nitrogens is 3. The molecule has 1 N–H and O–H groups in total. The van der Waals surface area contributed by atoms with Crippen molar-refractivity contribution in [3.05, 3.63) is 71.7 Å². The second kappa shape index (κ2) is 12.4. The van der Waals surface area contributed by atoms with E-state index >= 15 is 0 Å². The first-order valence-corrected chi connectivity index (χ1v) is 11.2. The number of rotatable bonds is 12. The summed E-state index contributed by atoms with van der Waals surface area (Å²) >= 11 is 0. The average Bonchev–Trinajstić information content (AvgIpc) is 2.80. The zero-order valence-electron chi connectivity index (χ0n) is 19.2. The van der Waals surface area contributed by atoms with E-state index in [9.17, 15) is 0 Å². The highest BCUT2D eigenvalue weighted by Gasteiger charge is 2.12. The third kappa shape index (κ3) is 7.34. The first-order valence-electron chi connectivity index (χ1n) is 11.2. The Morgan fingerprint density at radius 2 is 1.88 bits per heavy atom. The van der Waals surface area contributed by atoms with Crippen molar-refractivity contribution >= 4 is 17.9 Å². The summed E-state index contributed by atoms with van der Waals surface area (Å²) in [5.41, 5.74) is 6.85. The van der Waals surface area contributed by atoms with Gasteiger partial charge in [0.1, 0.15) is 0 Å². The second-order valence-electron chi connectivity index (χ2n) is 7.58. The van der Waals surface area contributed by atoms with Gasteiger partial charge in [-0.25, -0.2) is 4.98 Å². The standard InChI is InChI=1S/C25H32N6O/c1-4-14-31(15-5-2)25-28-23(19-27-30-22-11-8-9-20(3)17-22)18-24(29-25)32-16-12-21-10-6-7-13-26-21/h6-11,13,17-19,30H,4-5,12,14-16H2,1-3H3/b27-19+. The van der Waals surface area contributed by atoms with E-state index < -0.39 is 0 Å². The molecule has 1 aromatic carbocycles. The molecular formula is C25H32N6O. The van der Waals surface area contributed by atoms with Crippen LogP contribution < -0.4 is 15.1 Å². The van der Waals surface area contributed by atoms with Gasteiger partial charge in [0.25, 0.3) is 0 Å². The van der Waals surface area contributed by atoms with E-state index in [0.717, 1.165) is 37.3 Å². The van der Waals surface area contributed by atoms with Crippen molar-refractivity contribution in [1.29, 1.82) is 0 Å². The van der Waals surface area contributed by atoms with Crippen LogP contribution in [0, 0.1) is 6.92 Å². The molecule has 0 spiro atoms. The predicted octanol–water partition coefficient (Wildman–Crippen LogP) is 4.87. The number of aryl methyl sites for hydroxylation is 1. The number of hydrogen-bond acceptors (Lipinski definition) is 7. The Morgan fingerprint density at radius 3 is 2.59 bits per heavy atom. The molecular weight excluding hydrogens is 400 g/mol. The van der Waals surface area contributed by atoms with Crippen LogP contribution in [0.2, 0.25) is 0 Å². The van der Waals surface area contributed by atoms with Crippen LogP contribution in [0.5, 0.6) is 5.88 Å². The molecule has 0 saturated carbocycles. The molecule has 0 saturated heterocycles. The summed E-state index contributed by atoms with van der Waals surface area (Å²) in [6.07, 6.45) is 6.25. The highest BCUT2D eigenvalue weighted by Crippen LogP contribution is 2.17. The minimum Gasteiger partial charge on any atom is -0.477 e. The monoisotopic (exact) mass is 432 g/mol. The largest absolute Gasteiger partial charge is 0.477 e. The molecule has 0 bridgehead atoms. The number of pyridine rings is 1. The third-order valence-corrected chi connectivity index (χ3v) is 4.72. The summed E-state index contributed by atoms with van der Waals surface area (Å²) in [5, 5.41) is 4.37. The maximum absolute atomic E-state index is 5.98. The van der Waals surface area contributed by atoms with Crippen LogP contribution in [0.3, 0.4) is 0 Å². The van der Waals surface area contributed by atoms with Crippen LogP contribution in [0.15, 0.2) is 59.8 Å². The molecule has 0 amide bonds. The van der Waals surface area contributed by atoms with Crippen LogP contribution in [0.25, 0.3) is 0 Å². The van der Waals surface area contributed by atoms with Gasteiger partial charge >= 0.3 is 0 Å². The van der Waals surface area contributed by atoms with Gasteiger partial charge in [-0.1, -0.05) is 32.0 Å². The number of hydrazone groups is 1. The number of nitrogens with one attached hydrogen (secondary N) is 1. The number of hydrogen-bond donors (Lipinski definition) is 1. The first-order chi connectivity index (χ1) is 15.7. The maximum Gasteiger partial charge on any atom is 0.229 e. The van der Waals surface area contributed by atoms with E-state index in [1.807, 2.05) is 42.5 Å². The number of nitrogens with zero attached hydrogens (tertiary/aromatic N) is 5. The van der Waals surface area contributed by atoms with Crippen LogP contribution in [-0.4, -0.2) is 40.9 Å². The fourth-order valence-electron chi connectivity index (χ4n) is 3.26. The number of benzene rings is 1. The van der Waals surface area contributed by atoms with Crippen LogP contribution in [0.1, 0.15) is 43.6 Å². The molecule has 32 heavy (non-hydrogen) atoms. The molecule has 0 fully saturated rings. The van der Waals surface area contributed by atoms with Gasteiger partial charge in [0, 0.05) is 37.5 Å². The normalized spacial score (nSPS) is 11.0. The molecule has 7 nitrogen and oxygen atoms in total. The lowest BCUT2D eigenvalue weighted by atomic mass is 10.2. The molecule has 2 aromatic heterocycles. The van der Waals surface area contributed by atoms with E-state index in [1.54, 1.807) is 12.4 Å². The average molecular weight is 433 g/mol. The zero-order chi connectivity index (χ0) is 22.6. The fourth-order valence-corrected chi connectivity index (χ4v) is 3.26. The Hall–Kier alpha value is -3.48. The molecule has 2 heterocycles. The zero-order valence-corrected chi connectivity index (χ0v) is 19.2. The second-order valence-corrected chi connectivity index (χ2v) is 7.58. The Kier molecular flexibility index (Phi) is 8.98. The fraction of sp³-hybridized carbons (Fsp3) is 0.360. The minimum absolute atomic E-state index is 0.493. The van der Waals surface area contributed by atoms with Crippen LogP contribution >= 0.6 is 0 Å².